The maximum atomic E-state index is 13.0. The van der Waals surface area contributed by atoms with E-state index >= 15 is 0 Å². The summed E-state index contributed by atoms with van der Waals surface area (Å²) in [6.45, 7) is 0. The van der Waals surface area contributed by atoms with Crippen LogP contribution in [0.2, 0.25) is 0 Å². The number of Topliss-reactive ketones (excluding diaryl/α,β-unsaturated/α-hetero) is 1. The minimum absolute atomic E-state index is 0.0448. The van der Waals surface area contributed by atoms with E-state index in [1.54, 1.807) is 7.11 Å². The first-order valence-corrected chi connectivity index (χ1v) is 9.63. The average Bonchev–Trinajstić information content (AvgIpc) is 2.72. The van der Waals surface area contributed by atoms with Crippen molar-refractivity contribution in [3.63, 3.8) is 0 Å². The van der Waals surface area contributed by atoms with Crippen LogP contribution in [0, 0.1) is 0 Å². The molecule has 2 aromatic carbocycles. The second-order valence-electron chi connectivity index (χ2n) is 7.62. The van der Waals surface area contributed by atoms with Crippen molar-refractivity contribution in [3.05, 3.63) is 76.5 Å². The van der Waals surface area contributed by atoms with Gasteiger partial charge in [0.25, 0.3) is 0 Å². The largest absolute Gasteiger partial charge is 0.497 e. The molecular weight excluding hydrogens is 395 g/mol. The van der Waals surface area contributed by atoms with Crippen LogP contribution in [0.1, 0.15) is 47.8 Å². The highest BCUT2D eigenvalue weighted by molar-refractivity contribution is 6.02. The number of halogens is 3. The summed E-state index contributed by atoms with van der Waals surface area (Å²) in [5.41, 5.74) is 1.85. The summed E-state index contributed by atoms with van der Waals surface area (Å²) in [5, 5.41) is 2.82. The second kappa shape index (κ2) is 7.63. The van der Waals surface area contributed by atoms with Gasteiger partial charge in [0.2, 0.25) is 5.91 Å². The number of ketones is 1. The molecule has 0 saturated carbocycles. The van der Waals surface area contributed by atoms with E-state index in [1.807, 2.05) is 24.3 Å². The number of hydrogen-bond acceptors (Lipinski definition) is 3. The Morgan fingerprint density at radius 3 is 2.13 bits per heavy atom. The Balaban J connectivity index is 1.65. The molecule has 0 aromatic heterocycles. The van der Waals surface area contributed by atoms with Crippen molar-refractivity contribution in [3.8, 4) is 5.75 Å². The standard InChI is InChI=1S/C23H20F3NO3/c1-30-17-8-4-13(5-9-17)15-10-19-22(20(28)11-15)18(12-21(29)27-19)14-2-6-16(7-3-14)23(24,25)26/h2-9,15,18H,10-12H2,1H3,(H,27,29)/t15-,18+/m0/s1. The third-order valence-electron chi connectivity index (χ3n) is 5.76. The van der Waals surface area contributed by atoms with Crippen LogP contribution in [0.25, 0.3) is 0 Å². The average molecular weight is 415 g/mol. The van der Waals surface area contributed by atoms with E-state index in [-0.39, 0.29) is 30.4 Å². The molecule has 30 heavy (non-hydrogen) atoms. The van der Waals surface area contributed by atoms with E-state index in [0.29, 0.717) is 29.0 Å². The monoisotopic (exact) mass is 415 g/mol. The number of allylic oxidation sites excluding steroid dienone is 2. The maximum Gasteiger partial charge on any atom is 0.416 e. The summed E-state index contributed by atoms with van der Waals surface area (Å²) in [6, 6.07) is 12.2. The van der Waals surface area contributed by atoms with Crippen LogP contribution in [0.5, 0.6) is 5.75 Å². The number of methoxy groups -OCH3 is 1. The molecule has 1 aliphatic heterocycles. The second-order valence-corrected chi connectivity index (χ2v) is 7.62. The lowest BCUT2D eigenvalue weighted by molar-refractivity contribution is -0.137. The number of benzene rings is 2. The summed E-state index contributed by atoms with van der Waals surface area (Å²) in [6.07, 6.45) is -3.60. The third-order valence-corrected chi connectivity index (χ3v) is 5.76. The van der Waals surface area contributed by atoms with Crippen molar-refractivity contribution < 1.29 is 27.5 Å². The first-order valence-electron chi connectivity index (χ1n) is 9.63. The Kier molecular flexibility index (Phi) is 5.13. The van der Waals surface area contributed by atoms with E-state index < -0.39 is 17.7 Å². The number of carbonyl (C=O) groups is 2. The molecule has 2 aliphatic rings. The molecule has 0 unspecified atom stereocenters. The Labute approximate surface area is 171 Å². The summed E-state index contributed by atoms with van der Waals surface area (Å²) in [5.74, 6) is -0.202. The number of rotatable bonds is 3. The van der Waals surface area contributed by atoms with Gasteiger partial charge in [0, 0.05) is 30.0 Å². The lowest BCUT2D eigenvalue weighted by atomic mass is 9.73. The first kappa shape index (κ1) is 20.2. The predicted molar refractivity (Wildman–Crippen MR) is 104 cm³/mol. The molecule has 7 heteroatoms. The van der Waals surface area contributed by atoms with Crippen molar-refractivity contribution in [2.24, 2.45) is 0 Å². The number of hydrogen-bond donors (Lipinski definition) is 1. The fraction of sp³-hybridized carbons (Fsp3) is 0.304. The minimum atomic E-state index is -4.43. The summed E-state index contributed by atoms with van der Waals surface area (Å²) < 4.78 is 43.8. The van der Waals surface area contributed by atoms with Crippen LogP contribution in [0.4, 0.5) is 13.2 Å². The highest BCUT2D eigenvalue weighted by Crippen LogP contribution is 2.43. The van der Waals surface area contributed by atoms with Crippen molar-refractivity contribution in [1.82, 2.24) is 5.32 Å². The highest BCUT2D eigenvalue weighted by Gasteiger charge is 2.38. The molecule has 0 bridgehead atoms. The Hall–Kier alpha value is -3.09. The van der Waals surface area contributed by atoms with Crippen LogP contribution in [0.3, 0.4) is 0 Å². The normalized spacial score (nSPS) is 21.9. The Morgan fingerprint density at radius 1 is 0.900 bits per heavy atom. The van der Waals surface area contributed by atoms with Gasteiger partial charge in [0.05, 0.1) is 12.7 Å². The van der Waals surface area contributed by atoms with Gasteiger partial charge < -0.3 is 10.1 Å². The van der Waals surface area contributed by atoms with E-state index in [9.17, 15) is 22.8 Å². The van der Waals surface area contributed by atoms with E-state index in [4.69, 9.17) is 4.74 Å². The molecule has 1 aliphatic carbocycles. The predicted octanol–water partition coefficient (Wildman–Crippen LogP) is 4.72. The van der Waals surface area contributed by atoms with Gasteiger partial charge >= 0.3 is 6.18 Å². The van der Waals surface area contributed by atoms with Gasteiger partial charge in [0.15, 0.2) is 5.78 Å². The maximum absolute atomic E-state index is 13.0. The minimum Gasteiger partial charge on any atom is -0.497 e. The van der Waals surface area contributed by atoms with E-state index in [2.05, 4.69) is 5.32 Å². The van der Waals surface area contributed by atoms with Crippen LogP contribution >= 0.6 is 0 Å². The Morgan fingerprint density at radius 2 is 1.53 bits per heavy atom. The number of ether oxygens (including phenoxy) is 1. The quantitative estimate of drug-likeness (QED) is 0.789. The number of amides is 1. The van der Waals surface area contributed by atoms with Gasteiger partial charge in [0.1, 0.15) is 5.75 Å². The smallest absolute Gasteiger partial charge is 0.416 e. The molecule has 1 amide bonds. The number of alkyl halides is 3. The third kappa shape index (κ3) is 3.84. The molecule has 4 rings (SSSR count). The molecule has 2 atom stereocenters. The molecule has 156 valence electrons. The molecule has 2 aromatic rings. The van der Waals surface area contributed by atoms with Crippen LogP contribution < -0.4 is 10.1 Å². The summed E-state index contributed by atoms with van der Waals surface area (Å²) >= 11 is 0. The summed E-state index contributed by atoms with van der Waals surface area (Å²) in [4.78, 5) is 25.3. The molecule has 0 radical (unpaired) electrons. The lowest BCUT2D eigenvalue weighted by Crippen LogP contribution is -2.38. The molecule has 1 heterocycles. The van der Waals surface area contributed by atoms with Gasteiger partial charge in [-0.3, -0.25) is 9.59 Å². The highest BCUT2D eigenvalue weighted by atomic mass is 19.4. The van der Waals surface area contributed by atoms with Gasteiger partial charge in [-0.05, 0) is 47.7 Å². The molecule has 0 saturated heterocycles. The molecular formula is C23H20F3NO3. The molecule has 4 nitrogen and oxygen atoms in total. The van der Waals surface area contributed by atoms with Gasteiger partial charge in [-0.15, -0.1) is 0 Å². The van der Waals surface area contributed by atoms with Crippen LogP contribution in [-0.2, 0) is 15.8 Å². The van der Waals surface area contributed by atoms with Crippen LogP contribution in [0.15, 0.2) is 59.8 Å². The first-order chi connectivity index (χ1) is 14.3. The lowest BCUT2D eigenvalue weighted by Gasteiger charge is -2.34. The summed E-state index contributed by atoms with van der Waals surface area (Å²) in [7, 11) is 1.58. The van der Waals surface area contributed by atoms with Gasteiger partial charge in [-0.1, -0.05) is 24.3 Å². The van der Waals surface area contributed by atoms with E-state index in [1.165, 1.54) is 12.1 Å². The zero-order chi connectivity index (χ0) is 21.5. The zero-order valence-electron chi connectivity index (χ0n) is 16.3. The van der Waals surface area contributed by atoms with Crippen molar-refractivity contribution >= 4 is 11.7 Å². The topological polar surface area (TPSA) is 55.4 Å². The van der Waals surface area contributed by atoms with Gasteiger partial charge in [-0.2, -0.15) is 13.2 Å². The fourth-order valence-electron chi connectivity index (χ4n) is 4.26. The van der Waals surface area contributed by atoms with Crippen molar-refractivity contribution in [2.45, 2.75) is 37.3 Å². The molecule has 0 fully saturated rings. The van der Waals surface area contributed by atoms with Crippen molar-refractivity contribution in [1.29, 1.82) is 0 Å². The zero-order valence-corrected chi connectivity index (χ0v) is 16.3. The molecule has 0 spiro atoms. The Bertz CT molecular complexity index is 1010. The van der Waals surface area contributed by atoms with Crippen molar-refractivity contribution in [2.75, 3.05) is 7.11 Å². The molecule has 1 N–H and O–H groups in total. The van der Waals surface area contributed by atoms with Crippen LogP contribution in [-0.4, -0.2) is 18.8 Å². The SMILES string of the molecule is COc1ccc([C@@H]2CC(=O)C3=C(C2)NC(=O)C[C@@H]3c2ccc(C(F)(F)F)cc2)cc1. The number of carbonyl (C=O) groups excluding carboxylic acids is 2. The van der Waals surface area contributed by atoms with E-state index in [0.717, 1.165) is 17.7 Å². The number of nitrogens with one attached hydrogen (secondary N) is 1. The van der Waals surface area contributed by atoms with Gasteiger partial charge in [-0.25, -0.2) is 0 Å². The fourth-order valence-corrected chi connectivity index (χ4v) is 4.26.